The zero-order valence-electron chi connectivity index (χ0n) is 20.1. The molecule has 0 spiro atoms. The number of Topliss-reactive ketones (excluding diaryl/α,β-unsaturated/α-hetero) is 1. The van der Waals surface area contributed by atoms with Crippen molar-refractivity contribution in [2.45, 2.75) is 45.5 Å². The van der Waals surface area contributed by atoms with E-state index in [0.29, 0.717) is 0 Å². The Morgan fingerprint density at radius 1 is 0.973 bits per heavy atom. The van der Waals surface area contributed by atoms with Gasteiger partial charge in [0.1, 0.15) is 12.2 Å². The number of ether oxygens (including phenoxy) is 2. The molecule has 0 amide bonds. The average Bonchev–Trinajstić information content (AvgIpc) is 2.82. The predicted octanol–water partition coefficient (Wildman–Crippen LogP) is 3.39. The second-order valence-corrected chi connectivity index (χ2v) is 10.1. The Morgan fingerprint density at radius 2 is 1.49 bits per heavy atom. The molecule has 194 valence electrons. The zero-order valence-corrected chi connectivity index (χ0v) is 20.1. The van der Waals surface area contributed by atoms with Crippen LogP contribution in [0.15, 0.2) is 36.0 Å². The molecule has 2 aromatic rings. The standard InChI is InChI=1S/C26H25NO10/c1-25(2)22(34)13(27-4)9-26(3)10-18(36-23(35)12-7-16(30)20(33)17(31)8-12)21(37-24(25)26)11-5-14(28)19(32)15(29)6-11/h5-9,18,21,24,28-33H,10H2,1-3H3/t18-,21-,24?,26?/m0/s1. The minimum Gasteiger partial charge on any atom is -0.504 e. The third-order valence-corrected chi connectivity index (χ3v) is 6.90. The number of phenolic OH excluding ortho intramolecular Hbond substituents is 6. The fourth-order valence-corrected chi connectivity index (χ4v) is 5.19. The van der Waals surface area contributed by atoms with Gasteiger partial charge in [-0.3, -0.25) is 0 Å². The highest BCUT2D eigenvalue weighted by Gasteiger charge is 2.58. The monoisotopic (exact) mass is 511 g/mol. The summed E-state index contributed by atoms with van der Waals surface area (Å²) in [6, 6.07) is 4.05. The summed E-state index contributed by atoms with van der Waals surface area (Å²) in [4.78, 5) is 29.4. The fraction of sp³-hybridized carbons (Fsp3) is 0.346. The average molecular weight is 511 g/mol. The van der Waals surface area contributed by atoms with Crippen molar-refractivity contribution in [2.24, 2.45) is 10.8 Å². The number of phenols is 6. The quantitative estimate of drug-likeness (QED) is 0.203. The van der Waals surface area contributed by atoms with Crippen LogP contribution in [0.4, 0.5) is 0 Å². The summed E-state index contributed by atoms with van der Waals surface area (Å²) in [6.45, 7) is 12.4. The molecule has 1 aliphatic carbocycles. The van der Waals surface area contributed by atoms with E-state index in [-0.39, 0.29) is 23.2 Å². The lowest BCUT2D eigenvalue weighted by molar-refractivity contribution is -0.205. The normalized spacial score (nSPS) is 26.5. The number of carbonyl (C=O) groups excluding carboxylic acids is 2. The SMILES string of the molecule is [C-]#[N+]C1=CC2(C)C[C@H](OC(=O)c3cc(O)c(O)c(O)c3)[C@H](c3cc(O)c(O)c(O)c3)OC2C(C)(C)C1=O. The van der Waals surface area contributed by atoms with Crippen molar-refractivity contribution in [1.82, 2.24) is 0 Å². The maximum Gasteiger partial charge on any atom is 0.338 e. The lowest BCUT2D eigenvalue weighted by Crippen LogP contribution is -2.57. The molecule has 0 aromatic heterocycles. The van der Waals surface area contributed by atoms with E-state index < -0.39 is 75.4 Å². The van der Waals surface area contributed by atoms with E-state index in [2.05, 4.69) is 4.85 Å². The van der Waals surface area contributed by atoms with Crippen LogP contribution in [-0.2, 0) is 14.3 Å². The lowest BCUT2D eigenvalue weighted by atomic mass is 9.60. The van der Waals surface area contributed by atoms with Crippen LogP contribution in [0.2, 0.25) is 0 Å². The number of esters is 1. The maximum atomic E-state index is 13.0. The van der Waals surface area contributed by atoms with Gasteiger partial charge in [0.15, 0.2) is 40.3 Å². The van der Waals surface area contributed by atoms with E-state index in [0.717, 1.165) is 24.3 Å². The Bertz CT molecular complexity index is 1340. The topological polar surface area (TPSA) is 178 Å². The molecule has 11 nitrogen and oxygen atoms in total. The third-order valence-electron chi connectivity index (χ3n) is 6.90. The van der Waals surface area contributed by atoms with Gasteiger partial charge in [0, 0.05) is 10.8 Å². The first-order valence-electron chi connectivity index (χ1n) is 11.2. The van der Waals surface area contributed by atoms with E-state index in [1.165, 1.54) is 6.08 Å². The molecule has 2 aromatic carbocycles. The minimum absolute atomic E-state index is 0.0439. The molecule has 4 atom stereocenters. The van der Waals surface area contributed by atoms with Gasteiger partial charge in [0.05, 0.1) is 18.2 Å². The number of aromatic hydroxyl groups is 6. The number of benzene rings is 2. The molecule has 4 rings (SSSR count). The van der Waals surface area contributed by atoms with Crippen LogP contribution in [0.1, 0.15) is 49.2 Å². The number of rotatable bonds is 3. The van der Waals surface area contributed by atoms with Gasteiger partial charge in [0.25, 0.3) is 0 Å². The van der Waals surface area contributed by atoms with Crippen LogP contribution >= 0.6 is 0 Å². The van der Waals surface area contributed by atoms with Crippen LogP contribution in [0.5, 0.6) is 34.5 Å². The predicted molar refractivity (Wildman–Crippen MR) is 126 cm³/mol. The molecule has 1 fully saturated rings. The van der Waals surface area contributed by atoms with E-state index >= 15 is 0 Å². The minimum atomic E-state index is -1.16. The van der Waals surface area contributed by atoms with Crippen molar-refractivity contribution in [1.29, 1.82) is 0 Å². The molecule has 2 aliphatic rings. The second kappa shape index (κ2) is 8.60. The van der Waals surface area contributed by atoms with Crippen molar-refractivity contribution in [2.75, 3.05) is 0 Å². The zero-order chi connectivity index (χ0) is 27.4. The summed E-state index contributed by atoms with van der Waals surface area (Å²) in [6.07, 6.45) is -1.55. The number of allylic oxidation sites excluding steroid dienone is 1. The Kier molecular flexibility index (Phi) is 5.96. The Labute approximate surface area is 211 Å². The molecule has 6 N–H and O–H groups in total. The van der Waals surface area contributed by atoms with Gasteiger partial charge < -0.3 is 44.9 Å². The van der Waals surface area contributed by atoms with Crippen molar-refractivity contribution >= 4 is 11.8 Å². The highest BCUT2D eigenvalue weighted by Crippen LogP contribution is 2.55. The highest BCUT2D eigenvalue weighted by molar-refractivity contribution is 6.02. The van der Waals surface area contributed by atoms with Crippen LogP contribution in [0.3, 0.4) is 0 Å². The van der Waals surface area contributed by atoms with Crippen molar-refractivity contribution in [3.05, 3.63) is 58.6 Å². The van der Waals surface area contributed by atoms with Crippen LogP contribution in [0, 0.1) is 17.4 Å². The van der Waals surface area contributed by atoms with E-state index in [9.17, 15) is 40.2 Å². The number of hydrogen-bond donors (Lipinski definition) is 6. The maximum absolute atomic E-state index is 13.0. The molecule has 0 saturated carbocycles. The Balaban J connectivity index is 1.80. The molecule has 37 heavy (non-hydrogen) atoms. The molecule has 0 bridgehead atoms. The Hall–Kier alpha value is -4.43. The number of fused-ring (bicyclic) bond motifs is 1. The number of nitrogens with zero attached hydrogens (tertiary/aromatic N) is 1. The van der Waals surface area contributed by atoms with E-state index in [1.54, 1.807) is 20.8 Å². The third kappa shape index (κ3) is 4.15. The summed E-state index contributed by atoms with van der Waals surface area (Å²) >= 11 is 0. The van der Waals surface area contributed by atoms with Crippen molar-refractivity contribution < 1.29 is 49.7 Å². The fourth-order valence-electron chi connectivity index (χ4n) is 5.19. The second-order valence-electron chi connectivity index (χ2n) is 10.1. The smallest absolute Gasteiger partial charge is 0.338 e. The molecule has 0 radical (unpaired) electrons. The molecular weight excluding hydrogens is 486 g/mol. The van der Waals surface area contributed by atoms with E-state index in [4.69, 9.17) is 16.0 Å². The van der Waals surface area contributed by atoms with E-state index in [1.807, 2.05) is 0 Å². The first-order valence-corrected chi connectivity index (χ1v) is 11.2. The summed E-state index contributed by atoms with van der Waals surface area (Å²) in [7, 11) is 0. The van der Waals surface area contributed by atoms with Gasteiger partial charge in [-0.15, -0.1) is 0 Å². The number of ketones is 1. The van der Waals surface area contributed by atoms with Crippen LogP contribution in [0.25, 0.3) is 4.85 Å². The first kappa shape index (κ1) is 25.7. The number of carbonyl (C=O) groups is 2. The highest BCUT2D eigenvalue weighted by atomic mass is 16.6. The summed E-state index contributed by atoms with van der Waals surface area (Å²) < 4.78 is 12.0. The summed E-state index contributed by atoms with van der Waals surface area (Å²) in [5.41, 5.74) is -2.35. The largest absolute Gasteiger partial charge is 0.504 e. The lowest BCUT2D eigenvalue weighted by Gasteiger charge is -2.53. The van der Waals surface area contributed by atoms with Gasteiger partial charge in [-0.25, -0.2) is 9.64 Å². The summed E-state index contributed by atoms with van der Waals surface area (Å²) in [5.74, 6) is -5.80. The molecule has 1 aliphatic heterocycles. The number of hydrogen-bond acceptors (Lipinski definition) is 10. The van der Waals surface area contributed by atoms with Gasteiger partial charge in [-0.05, 0) is 36.2 Å². The van der Waals surface area contributed by atoms with Gasteiger partial charge >= 0.3 is 5.97 Å². The summed E-state index contributed by atoms with van der Waals surface area (Å²) in [5, 5.41) is 59.1. The van der Waals surface area contributed by atoms with Crippen molar-refractivity contribution in [3.8, 4) is 34.5 Å². The molecular formula is C26H25NO10. The molecule has 11 heteroatoms. The first-order chi connectivity index (χ1) is 17.2. The van der Waals surface area contributed by atoms with Gasteiger partial charge in [-0.1, -0.05) is 26.8 Å². The van der Waals surface area contributed by atoms with Gasteiger partial charge in [-0.2, -0.15) is 0 Å². The Morgan fingerprint density at radius 3 is 2.00 bits per heavy atom. The van der Waals surface area contributed by atoms with Gasteiger partial charge in [0.2, 0.25) is 5.70 Å². The molecule has 1 saturated heterocycles. The van der Waals surface area contributed by atoms with Crippen molar-refractivity contribution in [3.63, 3.8) is 0 Å². The molecule has 1 heterocycles. The van der Waals surface area contributed by atoms with Crippen LogP contribution in [-0.4, -0.2) is 54.6 Å². The molecule has 2 unspecified atom stereocenters. The van der Waals surface area contributed by atoms with Crippen LogP contribution < -0.4 is 0 Å².